The summed E-state index contributed by atoms with van der Waals surface area (Å²) in [6.07, 6.45) is 0. The van der Waals surface area contributed by atoms with Gasteiger partial charge in [0.1, 0.15) is 11.5 Å². The Balaban J connectivity index is 2.97. The van der Waals surface area contributed by atoms with Crippen LogP contribution < -0.4 is 14.4 Å². The van der Waals surface area contributed by atoms with Crippen molar-refractivity contribution in [2.75, 3.05) is 32.7 Å². The van der Waals surface area contributed by atoms with Crippen molar-refractivity contribution >= 4 is 5.69 Å². The van der Waals surface area contributed by atoms with E-state index in [4.69, 9.17) is 9.47 Å². The third kappa shape index (κ3) is 3.78. The maximum atomic E-state index is 9.19. The molecule has 0 aliphatic heterocycles. The van der Waals surface area contributed by atoms with E-state index < -0.39 is 0 Å². The van der Waals surface area contributed by atoms with Gasteiger partial charge in [0.2, 0.25) is 0 Å². The maximum Gasteiger partial charge on any atom is 0.142 e. The standard InChI is InChI=1S/C15H22N2O2/c1-11(2)12(9-16)10-17(3)14-8-13(18-4)6-7-15(14)19-5/h6-8,11-12H,10H2,1-5H3. The first kappa shape index (κ1) is 15.2. The van der Waals surface area contributed by atoms with Crippen LogP contribution >= 0.6 is 0 Å². The first-order valence-corrected chi connectivity index (χ1v) is 6.36. The highest BCUT2D eigenvalue weighted by Crippen LogP contribution is 2.32. The van der Waals surface area contributed by atoms with Gasteiger partial charge in [0.05, 0.1) is 31.9 Å². The topological polar surface area (TPSA) is 45.5 Å². The number of rotatable bonds is 6. The second-order valence-corrected chi connectivity index (χ2v) is 4.90. The summed E-state index contributed by atoms with van der Waals surface area (Å²) in [6, 6.07) is 8.02. The van der Waals surface area contributed by atoms with E-state index in [0.29, 0.717) is 12.5 Å². The molecule has 0 aliphatic carbocycles. The SMILES string of the molecule is COc1ccc(OC)c(N(C)CC(C#N)C(C)C)c1. The number of ether oxygens (including phenoxy) is 2. The summed E-state index contributed by atoms with van der Waals surface area (Å²) >= 11 is 0. The molecule has 1 unspecified atom stereocenters. The minimum Gasteiger partial charge on any atom is -0.497 e. The van der Waals surface area contributed by atoms with Gasteiger partial charge in [-0.15, -0.1) is 0 Å². The van der Waals surface area contributed by atoms with Gasteiger partial charge in [-0.25, -0.2) is 0 Å². The summed E-state index contributed by atoms with van der Waals surface area (Å²) in [7, 11) is 5.24. The van der Waals surface area contributed by atoms with Gasteiger partial charge in [-0.05, 0) is 18.1 Å². The molecule has 0 N–H and O–H groups in total. The van der Waals surface area contributed by atoms with E-state index in [1.54, 1.807) is 14.2 Å². The van der Waals surface area contributed by atoms with Gasteiger partial charge in [0.25, 0.3) is 0 Å². The molecule has 0 aliphatic rings. The van der Waals surface area contributed by atoms with E-state index in [1.165, 1.54) is 0 Å². The van der Waals surface area contributed by atoms with E-state index >= 15 is 0 Å². The third-order valence-electron chi connectivity index (χ3n) is 3.24. The van der Waals surface area contributed by atoms with Crippen molar-refractivity contribution in [1.29, 1.82) is 5.26 Å². The monoisotopic (exact) mass is 262 g/mol. The van der Waals surface area contributed by atoms with Crippen molar-refractivity contribution in [3.05, 3.63) is 18.2 Å². The minimum atomic E-state index is -0.0130. The fourth-order valence-electron chi connectivity index (χ4n) is 1.89. The van der Waals surface area contributed by atoms with Crippen LogP contribution in [0.1, 0.15) is 13.8 Å². The Bertz CT molecular complexity index is 452. The molecule has 0 saturated carbocycles. The lowest BCUT2D eigenvalue weighted by molar-refractivity contribution is 0.401. The molecule has 1 atom stereocenters. The first-order valence-electron chi connectivity index (χ1n) is 6.36. The van der Waals surface area contributed by atoms with Gasteiger partial charge in [-0.2, -0.15) is 5.26 Å². The molecule has 0 radical (unpaired) electrons. The van der Waals surface area contributed by atoms with E-state index in [1.807, 2.05) is 30.1 Å². The number of anilines is 1. The minimum absolute atomic E-state index is 0.0130. The Labute approximate surface area is 115 Å². The first-order chi connectivity index (χ1) is 9.03. The summed E-state index contributed by atoms with van der Waals surface area (Å²) < 4.78 is 10.6. The van der Waals surface area contributed by atoms with Crippen molar-refractivity contribution in [1.82, 2.24) is 0 Å². The number of nitriles is 1. The zero-order chi connectivity index (χ0) is 14.4. The molecule has 0 saturated heterocycles. The van der Waals surface area contributed by atoms with Crippen molar-refractivity contribution in [3.63, 3.8) is 0 Å². The highest BCUT2D eigenvalue weighted by Gasteiger charge is 2.17. The Kier molecular flexibility index (Phi) is 5.50. The van der Waals surface area contributed by atoms with Gasteiger partial charge < -0.3 is 14.4 Å². The number of benzene rings is 1. The molecule has 0 heterocycles. The lowest BCUT2D eigenvalue weighted by atomic mass is 9.97. The number of hydrogen-bond acceptors (Lipinski definition) is 4. The van der Waals surface area contributed by atoms with Gasteiger partial charge in [0, 0.05) is 19.7 Å². The van der Waals surface area contributed by atoms with E-state index in [0.717, 1.165) is 17.2 Å². The summed E-state index contributed by atoms with van der Waals surface area (Å²) in [4.78, 5) is 2.04. The van der Waals surface area contributed by atoms with Crippen LogP contribution in [-0.4, -0.2) is 27.8 Å². The second kappa shape index (κ2) is 6.89. The third-order valence-corrected chi connectivity index (χ3v) is 3.24. The zero-order valence-corrected chi connectivity index (χ0v) is 12.3. The van der Waals surface area contributed by atoms with Crippen molar-refractivity contribution in [2.45, 2.75) is 13.8 Å². The Morgan fingerprint density at radius 2 is 1.95 bits per heavy atom. The molecular weight excluding hydrogens is 240 g/mol. The van der Waals surface area contributed by atoms with Crippen molar-refractivity contribution < 1.29 is 9.47 Å². The van der Waals surface area contributed by atoms with Gasteiger partial charge in [-0.1, -0.05) is 13.8 Å². The van der Waals surface area contributed by atoms with E-state index in [9.17, 15) is 5.26 Å². The van der Waals surface area contributed by atoms with Crippen LogP contribution in [0.25, 0.3) is 0 Å². The quantitative estimate of drug-likeness (QED) is 0.790. The number of methoxy groups -OCH3 is 2. The number of hydrogen-bond donors (Lipinski definition) is 0. The summed E-state index contributed by atoms with van der Waals surface area (Å²) in [5, 5.41) is 9.19. The smallest absolute Gasteiger partial charge is 0.142 e. The van der Waals surface area contributed by atoms with Crippen LogP contribution in [0.3, 0.4) is 0 Å². The van der Waals surface area contributed by atoms with Crippen molar-refractivity contribution in [3.8, 4) is 17.6 Å². The van der Waals surface area contributed by atoms with Gasteiger partial charge >= 0.3 is 0 Å². The second-order valence-electron chi connectivity index (χ2n) is 4.90. The predicted molar refractivity (Wildman–Crippen MR) is 76.8 cm³/mol. The average Bonchev–Trinajstić information content (AvgIpc) is 2.43. The largest absolute Gasteiger partial charge is 0.497 e. The zero-order valence-electron chi connectivity index (χ0n) is 12.3. The lowest BCUT2D eigenvalue weighted by Crippen LogP contribution is -2.27. The molecule has 0 spiro atoms. The normalized spacial score (nSPS) is 11.8. The molecule has 0 aromatic heterocycles. The van der Waals surface area contributed by atoms with E-state index in [-0.39, 0.29) is 5.92 Å². The molecule has 0 amide bonds. The van der Waals surface area contributed by atoms with Gasteiger partial charge in [0.15, 0.2) is 0 Å². The Morgan fingerprint density at radius 3 is 2.42 bits per heavy atom. The molecule has 1 aromatic carbocycles. The summed E-state index contributed by atoms with van der Waals surface area (Å²) in [5.41, 5.74) is 0.933. The summed E-state index contributed by atoms with van der Waals surface area (Å²) in [6.45, 7) is 4.78. The highest BCUT2D eigenvalue weighted by atomic mass is 16.5. The van der Waals surface area contributed by atoms with E-state index in [2.05, 4.69) is 19.9 Å². The van der Waals surface area contributed by atoms with Crippen LogP contribution in [0.2, 0.25) is 0 Å². The fraction of sp³-hybridized carbons (Fsp3) is 0.533. The van der Waals surface area contributed by atoms with Crippen LogP contribution in [0.4, 0.5) is 5.69 Å². The Morgan fingerprint density at radius 1 is 1.26 bits per heavy atom. The molecule has 4 nitrogen and oxygen atoms in total. The lowest BCUT2D eigenvalue weighted by Gasteiger charge is -2.25. The van der Waals surface area contributed by atoms with Crippen LogP contribution in [-0.2, 0) is 0 Å². The molecule has 1 rings (SSSR count). The summed E-state index contributed by atoms with van der Waals surface area (Å²) in [5.74, 6) is 1.87. The molecular formula is C15H22N2O2. The van der Waals surface area contributed by atoms with Crippen LogP contribution in [0.5, 0.6) is 11.5 Å². The molecule has 0 fully saturated rings. The van der Waals surface area contributed by atoms with Crippen LogP contribution in [0.15, 0.2) is 18.2 Å². The fourth-order valence-corrected chi connectivity index (χ4v) is 1.89. The molecule has 104 valence electrons. The molecule has 19 heavy (non-hydrogen) atoms. The predicted octanol–water partition coefficient (Wildman–Crippen LogP) is 2.94. The van der Waals surface area contributed by atoms with Crippen LogP contribution in [0, 0.1) is 23.2 Å². The molecule has 4 heteroatoms. The molecule has 0 bridgehead atoms. The number of nitrogens with zero attached hydrogens (tertiary/aromatic N) is 2. The Hall–Kier alpha value is -1.89. The average molecular weight is 262 g/mol. The molecule has 1 aromatic rings. The van der Waals surface area contributed by atoms with Gasteiger partial charge in [-0.3, -0.25) is 0 Å². The maximum absolute atomic E-state index is 9.19. The van der Waals surface area contributed by atoms with Crippen molar-refractivity contribution in [2.24, 2.45) is 11.8 Å². The highest BCUT2D eigenvalue weighted by molar-refractivity contribution is 5.61.